The molecule has 0 aromatic heterocycles. The van der Waals surface area contributed by atoms with E-state index in [1.807, 2.05) is 0 Å². The molecule has 0 aromatic carbocycles. The highest BCUT2D eigenvalue weighted by atomic mass is 15.2. The van der Waals surface area contributed by atoms with Crippen LogP contribution in [0.3, 0.4) is 0 Å². The minimum absolute atomic E-state index is 0.628. The summed E-state index contributed by atoms with van der Waals surface area (Å²) in [4.78, 5) is 7.07. The van der Waals surface area contributed by atoms with E-state index in [9.17, 15) is 0 Å². The lowest BCUT2D eigenvalue weighted by Crippen LogP contribution is -2.33. The van der Waals surface area contributed by atoms with Gasteiger partial charge in [-0.05, 0) is 38.1 Å². The highest BCUT2D eigenvalue weighted by Gasteiger charge is 2.34. The van der Waals surface area contributed by atoms with E-state index in [-0.39, 0.29) is 0 Å². The van der Waals surface area contributed by atoms with Gasteiger partial charge >= 0.3 is 0 Å². The van der Waals surface area contributed by atoms with Crippen molar-refractivity contribution in [2.45, 2.75) is 45.1 Å². The molecule has 1 heterocycles. The number of nitrogens with two attached hydrogens (primary N) is 1. The Labute approximate surface area is 105 Å². The number of hydrogen-bond acceptors (Lipinski definition) is 2. The van der Waals surface area contributed by atoms with E-state index in [0.29, 0.717) is 5.96 Å². The van der Waals surface area contributed by atoms with Crippen molar-refractivity contribution in [2.24, 2.45) is 16.6 Å². The van der Waals surface area contributed by atoms with Gasteiger partial charge in [-0.3, -0.25) is 4.99 Å². The summed E-state index contributed by atoms with van der Waals surface area (Å²) in [5.74, 6) is 1.35. The van der Waals surface area contributed by atoms with E-state index in [1.54, 1.807) is 0 Å². The largest absolute Gasteiger partial charge is 0.370 e. The molecular formula is C13H26N4. The molecule has 1 saturated carbocycles. The summed E-state index contributed by atoms with van der Waals surface area (Å²) in [6.45, 7) is 6.53. The molecule has 2 rings (SSSR count). The lowest BCUT2D eigenvalue weighted by Gasteiger charge is -2.13. The minimum atomic E-state index is 0.628. The third-order valence-corrected chi connectivity index (χ3v) is 3.74. The third-order valence-electron chi connectivity index (χ3n) is 3.74. The predicted molar refractivity (Wildman–Crippen MR) is 72.1 cm³/mol. The quantitative estimate of drug-likeness (QED) is 0.415. The zero-order chi connectivity index (χ0) is 12.1. The Bertz CT molecular complexity index is 260. The first-order valence-corrected chi connectivity index (χ1v) is 7.07. The van der Waals surface area contributed by atoms with E-state index in [0.717, 1.165) is 31.5 Å². The number of unbranched alkanes of at least 4 members (excludes halogenated alkanes) is 1. The van der Waals surface area contributed by atoms with Crippen LogP contribution in [0.5, 0.6) is 0 Å². The van der Waals surface area contributed by atoms with Crippen molar-refractivity contribution in [3.05, 3.63) is 0 Å². The van der Waals surface area contributed by atoms with Crippen LogP contribution in [0, 0.1) is 5.92 Å². The van der Waals surface area contributed by atoms with Crippen molar-refractivity contribution >= 4 is 5.96 Å². The lowest BCUT2D eigenvalue weighted by atomic mass is 10.1. The van der Waals surface area contributed by atoms with Crippen LogP contribution in [0.25, 0.3) is 0 Å². The van der Waals surface area contributed by atoms with Gasteiger partial charge in [0.05, 0.1) is 0 Å². The molecule has 2 aliphatic rings. The molecule has 1 unspecified atom stereocenters. The van der Waals surface area contributed by atoms with Gasteiger partial charge in [-0.15, -0.1) is 0 Å². The second-order valence-electron chi connectivity index (χ2n) is 5.39. The molecule has 1 atom stereocenters. The lowest BCUT2D eigenvalue weighted by molar-refractivity contribution is 0.315. The van der Waals surface area contributed by atoms with Crippen LogP contribution >= 0.6 is 0 Å². The fourth-order valence-corrected chi connectivity index (χ4v) is 2.46. The average Bonchev–Trinajstić information content (AvgIpc) is 3.07. The number of nitrogens with one attached hydrogen (secondary N) is 1. The average molecular weight is 238 g/mol. The molecule has 0 radical (unpaired) electrons. The number of likely N-dealkylation sites (tertiary alicyclic amines) is 1. The SMILES string of the molecule is CCCCNC(N)=NCC1CCN(C2CC2)C1. The van der Waals surface area contributed by atoms with Gasteiger partial charge in [0.2, 0.25) is 0 Å². The van der Waals surface area contributed by atoms with E-state index >= 15 is 0 Å². The fourth-order valence-electron chi connectivity index (χ4n) is 2.46. The van der Waals surface area contributed by atoms with Crippen LogP contribution in [-0.2, 0) is 0 Å². The zero-order valence-electron chi connectivity index (χ0n) is 11.0. The predicted octanol–water partition coefficient (Wildman–Crippen LogP) is 1.18. The van der Waals surface area contributed by atoms with Crippen molar-refractivity contribution in [1.82, 2.24) is 10.2 Å². The van der Waals surface area contributed by atoms with E-state index in [4.69, 9.17) is 5.73 Å². The monoisotopic (exact) mass is 238 g/mol. The summed E-state index contributed by atoms with van der Waals surface area (Å²) in [6.07, 6.45) is 6.48. The van der Waals surface area contributed by atoms with Crippen molar-refractivity contribution in [3.63, 3.8) is 0 Å². The van der Waals surface area contributed by atoms with Crippen LogP contribution in [-0.4, -0.2) is 43.1 Å². The van der Waals surface area contributed by atoms with Gasteiger partial charge in [-0.25, -0.2) is 0 Å². The number of nitrogens with zero attached hydrogens (tertiary/aromatic N) is 2. The molecular weight excluding hydrogens is 212 g/mol. The molecule has 0 amide bonds. The maximum atomic E-state index is 5.82. The molecule has 0 spiro atoms. The Morgan fingerprint density at radius 3 is 2.94 bits per heavy atom. The smallest absolute Gasteiger partial charge is 0.188 e. The fraction of sp³-hybridized carbons (Fsp3) is 0.923. The van der Waals surface area contributed by atoms with Gasteiger partial charge in [0.1, 0.15) is 0 Å². The number of aliphatic imine (C=N–C) groups is 1. The van der Waals surface area contributed by atoms with Gasteiger partial charge in [0.25, 0.3) is 0 Å². The first-order valence-electron chi connectivity index (χ1n) is 7.07. The van der Waals surface area contributed by atoms with Crippen LogP contribution in [0.15, 0.2) is 4.99 Å². The molecule has 2 fully saturated rings. The molecule has 1 saturated heterocycles. The van der Waals surface area contributed by atoms with E-state index in [1.165, 1.54) is 38.8 Å². The summed E-state index contributed by atoms with van der Waals surface area (Å²) in [5, 5.41) is 3.17. The Morgan fingerprint density at radius 1 is 1.41 bits per heavy atom. The second kappa shape index (κ2) is 6.24. The Kier molecular flexibility index (Phi) is 4.66. The van der Waals surface area contributed by atoms with Gasteiger partial charge in [-0.1, -0.05) is 13.3 Å². The van der Waals surface area contributed by atoms with Gasteiger partial charge in [0, 0.05) is 25.7 Å². The van der Waals surface area contributed by atoms with Crippen LogP contribution in [0.2, 0.25) is 0 Å². The van der Waals surface area contributed by atoms with Gasteiger partial charge in [0.15, 0.2) is 5.96 Å². The topological polar surface area (TPSA) is 53.6 Å². The molecule has 0 bridgehead atoms. The number of hydrogen-bond donors (Lipinski definition) is 2. The van der Waals surface area contributed by atoms with Crippen LogP contribution < -0.4 is 11.1 Å². The van der Waals surface area contributed by atoms with Gasteiger partial charge in [-0.2, -0.15) is 0 Å². The molecule has 1 aliphatic heterocycles. The Morgan fingerprint density at radius 2 is 2.24 bits per heavy atom. The minimum Gasteiger partial charge on any atom is -0.370 e. The van der Waals surface area contributed by atoms with Crippen molar-refractivity contribution in [2.75, 3.05) is 26.2 Å². The highest BCUT2D eigenvalue weighted by molar-refractivity contribution is 5.77. The first kappa shape index (κ1) is 12.7. The van der Waals surface area contributed by atoms with E-state index in [2.05, 4.69) is 22.1 Å². The van der Waals surface area contributed by atoms with Crippen LogP contribution in [0.4, 0.5) is 0 Å². The van der Waals surface area contributed by atoms with Gasteiger partial charge < -0.3 is 16.0 Å². The molecule has 17 heavy (non-hydrogen) atoms. The molecule has 4 heteroatoms. The molecule has 3 N–H and O–H groups in total. The Balaban J connectivity index is 1.61. The summed E-state index contributed by atoms with van der Waals surface area (Å²) >= 11 is 0. The molecule has 98 valence electrons. The van der Waals surface area contributed by atoms with Crippen molar-refractivity contribution < 1.29 is 0 Å². The zero-order valence-corrected chi connectivity index (χ0v) is 11.0. The molecule has 0 aromatic rings. The Hall–Kier alpha value is -0.770. The van der Waals surface area contributed by atoms with Crippen molar-refractivity contribution in [3.8, 4) is 0 Å². The van der Waals surface area contributed by atoms with E-state index < -0.39 is 0 Å². The second-order valence-corrected chi connectivity index (χ2v) is 5.39. The number of guanidine groups is 1. The third kappa shape index (κ3) is 4.19. The maximum absolute atomic E-state index is 5.82. The number of rotatable bonds is 6. The summed E-state index contributed by atoms with van der Waals surface area (Å²) in [7, 11) is 0. The normalized spacial score (nSPS) is 26.4. The van der Waals surface area contributed by atoms with Crippen LogP contribution in [0.1, 0.15) is 39.0 Å². The first-order chi connectivity index (χ1) is 8.29. The van der Waals surface area contributed by atoms with Crippen molar-refractivity contribution in [1.29, 1.82) is 0 Å². The molecule has 1 aliphatic carbocycles. The maximum Gasteiger partial charge on any atom is 0.188 e. The highest BCUT2D eigenvalue weighted by Crippen LogP contribution is 2.31. The summed E-state index contributed by atoms with van der Waals surface area (Å²) in [5.41, 5.74) is 5.82. The summed E-state index contributed by atoms with van der Waals surface area (Å²) < 4.78 is 0. The standard InChI is InChI=1S/C13H26N4/c1-2-3-7-15-13(14)16-9-11-6-8-17(10-11)12-4-5-12/h11-12H,2-10H2,1H3,(H3,14,15,16). The summed E-state index contributed by atoms with van der Waals surface area (Å²) in [6, 6.07) is 0.906. The molecule has 4 nitrogen and oxygen atoms in total.